The highest BCUT2D eigenvalue weighted by atomic mass is 35.5. The number of nitrogens with one attached hydrogen (secondary N) is 1. The van der Waals surface area contributed by atoms with E-state index < -0.39 is 5.91 Å². The molecule has 34 heavy (non-hydrogen) atoms. The van der Waals surface area contributed by atoms with Gasteiger partial charge in [0.25, 0.3) is 5.91 Å². The normalized spacial score (nSPS) is 10.9. The van der Waals surface area contributed by atoms with Crippen LogP contribution in [0.5, 0.6) is 5.75 Å². The Kier molecular flexibility index (Phi) is 7.35. The zero-order valence-corrected chi connectivity index (χ0v) is 20.9. The monoisotopic (exact) mass is 514 g/mol. The fourth-order valence-corrected chi connectivity index (χ4v) is 4.72. The highest BCUT2D eigenvalue weighted by molar-refractivity contribution is 7.98. The zero-order valence-electron chi connectivity index (χ0n) is 18.5. The Morgan fingerprint density at radius 3 is 2.44 bits per heavy atom. The van der Waals surface area contributed by atoms with E-state index in [2.05, 4.69) is 25.6 Å². The van der Waals surface area contributed by atoms with Gasteiger partial charge in [-0.2, -0.15) is 0 Å². The maximum atomic E-state index is 13.2. The van der Waals surface area contributed by atoms with Gasteiger partial charge in [0.15, 0.2) is 10.9 Å². The number of halogens is 2. The van der Waals surface area contributed by atoms with Crippen molar-refractivity contribution < 1.29 is 9.53 Å². The van der Waals surface area contributed by atoms with Crippen LogP contribution in [0.2, 0.25) is 10.0 Å². The lowest BCUT2D eigenvalue weighted by Gasteiger charge is -2.10. The smallest absolute Gasteiger partial charge is 0.278 e. The minimum Gasteiger partial charge on any atom is -0.497 e. The largest absolute Gasteiger partial charge is 0.497 e. The number of anilines is 1. The topological polar surface area (TPSA) is 94.8 Å². The number of carbonyl (C=O) groups excluding carboxylic acids is 1. The summed E-state index contributed by atoms with van der Waals surface area (Å²) < 4.78 is 6.78. The maximum absolute atomic E-state index is 13.2. The Morgan fingerprint density at radius 2 is 1.76 bits per heavy atom. The number of hydrogen-bond acceptors (Lipinski definition) is 7. The van der Waals surface area contributed by atoms with Gasteiger partial charge >= 0.3 is 0 Å². The molecule has 0 aliphatic carbocycles. The molecule has 2 aromatic heterocycles. The van der Waals surface area contributed by atoms with Gasteiger partial charge in [-0.1, -0.05) is 46.2 Å². The minimum absolute atomic E-state index is 0.163. The number of aryl methyl sites for hydroxylation is 2. The molecule has 0 atom stereocenters. The van der Waals surface area contributed by atoms with Crippen molar-refractivity contribution in [1.82, 2.24) is 25.0 Å². The molecule has 174 valence electrons. The van der Waals surface area contributed by atoms with Crippen LogP contribution in [0, 0.1) is 13.8 Å². The number of rotatable bonds is 7. The Hall–Kier alpha value is -3.14. The molecule has 1 N–H and O–H groups in total. The summed E-state index contributed by atoms with van der Waals surface area (Å²) in [7, 11) is 1.56. The molecular weight excluding hydrogens is 495 g/mol. The predicted octanol–water partition coefficient (Wildman–Crippen LogP) is 5.53. The molecule has 0 aliphatic heterocycles. The molecule has 0 saturated heterocycles. The first-order valence-corrected chi connectivity index (χ1v) is 11.9. The number of nitrogens with zero attached hydrogens (tertiary/aromatic N) is 5. The van der Waals surface area contributed by atoms with Crippen molar-refractivity contribution in [3.63, 3.8) is 0 Å². The number of thioether (sulfide) groups is 1. The average molecular weight is 515 g/mol. The summed E-state index contributed by atoms with van der Waals surface area (Å²) in [5, 5.41) is 12.7. The Balaban J connectivity index is 1.70. The predicted molar refractivity (Wildman–Crippen MR) is 133 cm³/mol. The highest BCUT2D eigenvalue weighted by Crippen LogP contribution is 2.27. The van der Waals surface area contributed by atoms with Crippen LogP contribution in [0.25, 0.3) is 5.69 Å². The highest BCUT2D eigenvalue weighted by Gasteiger charge is 2.22. The van der Waals surface area contributed by atoms with E-state index in [1.807, 2.05) is 19.9 Å². The molecule has 0 radical (unpaired) electrons. The van der Waals surface area contributed by atoms with Crippen molar-refractivity contribution in [2.75, 3.05) is 12.4 Å². The van der Waals surface area contributed by atoms with Crippen molar-refractivity contribution in [1.29, 1.82) is 0 Å². The number of hydrogen-bond donors (Lipinski definition) is 1. The molecule has 0 unspecified atom stereocenters. The van der Waals surface area contributed by atoms with Crippen LogP contribution in [0.15, 0.2) is 53.7 Å². The first kappa shape index (κ1) is 24.0. The van der Waals surface area contributed by atoms with E-state index in [0.29, 0.717) is 43.8 Å². The van der Waals surface area contributed by atoms with Gasteiger partial charge in [0, 0.05) is 38.9 Å². The maximum Gasteiger partial charge on any atom is 0.278 e. The summed E-state index contributed by atoms with van der Waals surface area (Å²) >= 11 is 13.8. The fraction of sp³-hybridized carbons (Fsp3) is 0.174. The number of carbonyl (C=O) groups is 1. The standard InChI is InChI=1S/C23H20Cl2N6O2S/c1-13-7-14(2)27-23(26-13)34-12-20-21(22(32)28-17-5-4-6-19(11-17)33-3)29-30-31(20)18-9-15(24)8-16(25)10-18/h4-11H,12H2,1-3H3,(H,28,32). The second kappa shape index (κ2) is 10.4. The first-order chi connectivity index (χ1) is 16.3. The lowest BCUT2D eigenvalue weighted by Crippen LogP contribution is -2.15. The molecule has 0 fully saturated rings. The molecule has 0 aliphatic rings. The Labute approximate surface area is 210 Å². The zero-order chi connectivity index (χ0) is 24.2. The van der Waals surface area contributed by atoms with E-state index in [4.69, 9.17) is 27.9 Å². The van der Waals surface area contributed by atoms with E-state index >= 15 is 0 Å². The van der Waals surface area contributed by atoms with Gasteiger partial charge in [-0.25, -0.2) is 14.6 Å². The van der Waals surface area contributed by atoms with Crippen LogP contribution >= 0.6 is 35.0 Å². The third-order valence-corrected chi connectivity index (χ3v) is 5.99. The number of aromatic nitrogens is 5. The molecule has 1 amide bonds. The third-order valence-electron chi connectivity index (χ3n) is 4.70. The van der Waals surface area contributed by atoms with Crippen LogP contribution in [-0.2, 0) is 5.75 Å². The van der Waals surface area contributed by atoms with Gasteiger partial charge in [-0.15, -0.1) is 5.10 Å². The molecule has 4 rings (SSSR count). The van der Waals surface area contributed by atoms with Crippen LogP contribution in [0.1, 0.15) is 27.6 Å². The lowest BCUT2D eigenvalue weighted by molar-refractivity contribution is 0.102. The molecule has 0 spiro atoms. The van der Waals surface area contributed by atoms with Gasteiger partial charge < -0.3 is 10.1 Å². The number of methoxy groups -OCH3 is 1. The van der Waals surface area contributed by atoms with Crippen molar-refractivity contribution in [3.8, 4) is 11.4 Å². The van der Waals surface area contributed by atoms with Gasteiger partial charge in [0.1, 0.15) is 5.75 Å². The number of benzene rings is 2. The molecule has 11 heteroatoms. The summed E-state index contributed by atoms with van der Waals surface area (Å²) in [5.74, 6) is 0.545. The summed E-state index contributed by atoms with van der Waals surface area (Å²) in [6, 6.07) is 14.0. The van der Waals surface area contributed by atoms with Crippen molar-refractivity contribution >= 4 is 46.6 Å². The average Bonchev–Trinajstić information content (AvgIpc) is 3.21. The first-order valence-electron chi connectivity index (χ1n) is 10.1. The molecule has 8 nitrogen and oxygen atoms in total. The molecule has 2 aromatic carbocycles. The quantitative estimate of drug-likeness (QED) is 0.255. The van der Waals surface area contributed by atoms with E-state index in [9.17, 15) is 4.79 Å². The Morgan fingerprint density at radius 1 is 1.06 bits per heavy atom. The fourth-order valence-electron chi connectivity index (χ4n) is 3.26. The second-order valence-electron chi connectivity index (χ2n) is 7.33. The van der Waals surface area contributed by atoms with E-state index in [1.54, 1.807) is 54.3 Å². The van der Waals surface area contributed by atoms with Gasteiger partial charge in [-0.05, 0) is 50.2 Å². The van der Waals surface area contributed by atoms with E-state index in [-0.39, 0.29) is 5.69 Å². The van der Waals surface area contributed by atoms with E-state index in [1.165, 1.54) is 11.8 Å². The van der Waals surface area contributed by atoms with Gasteiger partial charge in [0.05, 0.1) is 18.5 Å². The molecule has 0 bridgehead atoms. The van der Waals surface area contributed by atoms with Crippen LogP contribution in [0.3, 0.4) is 0 Å². The summed E-state index contributed by atoms with van der Waals surface area (Å²) in [5.41, 5.74) is 3.59. The molecular formula is C23H20Cl2N6O2S. The van der Waals surface area contributed by atoms with Crippen molar-refractivity contribution in [3.05, 3.63) is 81.4 Å². The number of ether oxygens (including phenoxy) is 1. The summed E-state index contributed by atoms with van der Waals surface area (Å²) in [6.45, 7) is 3.82. The summed E-state index contributed by atoms with van der Waals surface area (Å²) in [4.78, 5) is 22.1. The van der Waals surface area contributed by atoms with Crippen LogP contribution in [-0.4, -0.2) is 38.0 Å². The minimum atomic E-state index is -0.412. The van der Waals surface area contributed by atoms with Crippen LogP contribution in [0.4, 0.5) is 5.69 Å². The second-order valence-corrected chi connectivity index (χ2v) is 9.15. The number of amides is 1. The van der Waals surface area contributed by atoms with Crippen molar-refractivity contribution in [2.24, 2.45) is 0 Å². The SMILES string of the molecule is COc1cccc(NC(=O)c2nnn(-c3cc(Cl)cc(Cl)c3)c2CSc2nc(C)cc(C)n2)c1. The molecule has 4 aromatic rings. The molecule has 0 saturated carbocycles. The summed E-state index contributed by atoms with van der Waals surface area (Å²) in [6.07, 6.45) is 0. The molecule has 2 heterocycles. The van der Waals surface area contributed by atoms with Crippen molar-refractivity contribution in [2.45, 2.75) is 24.8 Å². The third kappa shape index (κ3) is 5.67. The Bertz CT molecular complexity index is 1320. The van der Waals surface area contributed by atoms with Crippen LogP contribution < -0.4 is 10.1 Å². The van der Waals surface area contributed by atoms with Gasteiger partial charge in [0.2, 0.25) is 0 Å². The lowest BCUT2D eigenvalue weighted by atomic mass is 10.2. The van der Waals surface area contributed by atoms with Gasteiger partial charge in [-0.3, -0.25) is 4.79 Å². The van der Waals surface area contributed by atoms with E-state index in [0.717, 1.165) is 11.4 Å².